The van der Waals surface area contributed by atoms with E-state index in [2.05, 4.69) is 29.4 Å². The molecule has 0 saturated heterocycles. The molecule has 96 valence electrons. The number of nitrogens with one attached hydrogen (secondary N) is 2. The number of nitrogens with zero attached hydrogens (tertiary/aromatic N) is 2. The third-order valence-corrected chi connectivity index (χ3v) is 2.48. The van der Waals surface area contributed by atoms with E-state index in [9.17, 15) is 4.79 Å². The molecule has 0 aliphatic carbocycles. The molecular formula is C11H26N4O. The second-order valence-corrected chi connectivity index (χ2v) is 3.90. The summed E-state index contributed by atoms with van der Waals surface area (Å²) in [5.41, 5.74) is 0. The van der Waals surface area contributed by atoms with Crippen molar-refractivity contribution in [3.05, 3.63) is 0 Å². The highest BCUT2D eigenvalue weighted by atomic mass is 16.2. The van der Waals surface area contributed by atoms with E-state index in [-0.39, 0.29) is 6.03 Å². The first-order valence-electron chi connectivity index (χ1n) is 6.00. The van der Waals surface area contributed by atoms with Gasteiger partial charge in [-0.1, -0.05) is 13.8 Å². The first kappa shape index (κ1) is 15.2. The Bertz CT molecular complexity index is 181. The summed E-state index contributed by atoms with van der Waals surface area (Å²) in [4.78, 5) is 15.1. The Hall–Kier alpha value is -0.810. The van der Waals surface area contributed by atoms with Crippen LogP contribution < -0.4 is 10.6 Å². The third-order valence-electron chi connectivity index (χ3n) is 2.48. The maximum absolute atomic E-state index is 11.2. The SMILES string of the molecule is CCN(CC)CCNCCNC(=O)N(C)C. The van der Waals surface area contributed by atoms with Crippen LogP contribution in [-0.2, 0) is 0 Å². The third kappa shape index (κ3) is 7.48. The monoisotopic (exact) mass is 230 g/mol. The molecular weight excluding hydrogens is 204 g/mol. The van der Waals surface area contributed by atoms with Crippen molar-refractivity contribution in [2.75, 3.05) is 53.4 Å². The Morgan fingerprint density at radius 2 is 1.69 bits per heavy atom. The molecule has 0 bridgehead atoms. The number of likely N-dealkylation sites (N-methyl/N-ethyl adjacent to an activating group) is 1. The maximum atomic E-state index is 11.2. The van der Waals surface area contributed by atoms with Crippen LogP contribution in [0.5, 0.6) is 0 Å². The minimum Gasteiger partial charge on any atom is -0.337 e. The minimum absolute atomic E-state index is 0.0365. The van der Waals surface area contributed by atoms with Crippen LogP contribution in [0.25, 0.3) is 0 Å². The van der Waals surface area contributed by atoms with Gasteiger partial charge in [-0.25, -0.2) is 4.79 Å². The van der Waals surface area contributed by atoms with Gasteiger partial charge in [0.2, 0.25) is 0 Å². The lowest BCUT2D eigenvalue weighted by Crippen LogP contribution is -2.40. The molecule has 0 saturated carbocycles. The van der Waals surface area contributed by atoms with Gasteiger partial charge in [-0.05, 0) is 13.1 Å². The fourth-order valence-electron chi connectivity index (χ4n) is 1.32. The van der Waals surface area contributed by atoms with E-state index >= 15 is 0 Å². The molecule has 0 aliphatic rings. The van der Waals surface area contributed by atoms with Gasteiger partial charge in [0, 0.05) is 40.3 Å². The van der Waals surface area contributed by atoms with Crippen LogP contribution in [0.4, 0.5) is 4.79 Å². The number of carbonyl (C=O) groups excluding carboxylic acids is 1. The Morgan fingerprint density at radius 3 is 2.19 bits per heavy atom. The molecule has 0 fully saturated rings. The van der Waals surface area contributed by atoms with E-state index in [4.69, 9.17) is 0 Å². The van der Waals surface area contributed by atoms with Crippen molar-refractivity contribution in [1.82, 2.24) is 20.4 Å². The largest absolute Gasteiger partial charge is 0.337 e. The average molecular weight is 230 g/mol. The Morgan fingerprint density at radius 1 is 1.06 bits per heavy atom. The van der Waals surface area contributed by atoms with Gasteiger partial charge in [-0.2, -0.15) is 0 Å². The lowest BCUT2D eigenvalue weighted by atomic mass is 10.4. The van der Waals surface area contributed by atoms with Crippen LogP contribution in [0.1, 0.15) is 13.8 Å². The number of carbonyl (C=O) groups is 1. The molecule has 0 aromatic carbocycles. The van der Waals surface area contributed by atoms with Crippen LogP contribution in [0.15, 0.2) is 0 Å². The van der Waals surface area contributed by atoms with Gasteiger partial charge < -0.3 is 20.4 Å². The molecule has 0 spiro atoms. The summed E-state index contributed by atoms with van der Waals surface area (Å²) in [7, 11) is 3.48. The molecule has 0 aliphatic heterocycles. The topological polar surface area (TPSA) is 47.6 Å². The van der Waals surface area contributed by atoms with Crippen molar-refractivity contribution < 1.29 is 4.79 Å². The summed E-state index contributed by atoms with van der Waals surface area (Å²) in [6.07, 6.45) is 0. The van der Waals surface area contributed by atoms with Gasteiger partial charge in [-0.3, -0.25) is 0 Å². The highest BCUT2D eigenvalue weighted by molar-refractivity contribution is 5.73. The van der Waals surface area contributed by atoms with E-state index in [1.807, 2.05) is 0 Å². The molecule has 0 unspecified atom stereocenters. The zero-order chi connectivity index (χ0) is 12.4. The number of hydrogen-bond donors (Lipinski definition) is 2. The number of hydrogen-bond acceptors (Lipinski definition) is 3. The second-order valence-electron chi connectivity index (χ2n) is 3.90. The Labute approximate surface area is 99.2 Å². The van der Waals surface area contributed by atoms with Crippen molar-refractivity contribution >= 4 is 6.03 Å². The summed E-state index contributed by atoms with van der Waals surface area (Å²) in [5, 5.41) is 6.11. The standard InChI is InChI=1S/C11H26N4O/c1-5-15(6-2)10-9-12-7-8-13-11(16)14(3)4/h12H,5-10H2,1-4H3,(H,13,16). The summed E-state index contributed by atoms with van der Waals surface area (Å²) >= 11 is 0. The van der Waals surface area contributed by atoms with Crippen LogP contribution in [-0.4, -0.2) is 69.2 Å². The molecule has 0 aromatic heterocycles. The van der Waals surface area contributed by atoms with E-state index in [1.54, 1.807) is 14.1 Å². The highest BCUT2D eigenvalue weighted by Gasteiger charge is 2.01. The zero-order valence-corrected chi connectivity index (χ0v) is 11.0. The lowest BCUT2D eigenvalue weighted by molar-refractivity contribution is 0.217. The van der Waals surface area contributed by atoms with Gasteiger partial charge in [-0.15, -0.1) is 0 Å². The van der Waals surface area contributed by atoms with Gasteiger partial charge >= 0.3 is 6.03 Å². The van der Waals surface area contributed by atoms with E-state index in [0.717, 1.165) is 32.7 Å². The fourth-order valence-corrected chi connectivity index (χ4v) is 1.32. The molecule has 0 aromatic rings. The van der Waals surface area contributed by atoms with E-state index in [1.165, 1.54) is 4.90 Å². The Kier molecular flexibility index (Phi) is 8.94. The Balaban J connectivity index is 3.30. The van der Waals surface area contributed by atoms with E-state index in [0.29, 0.717) is 6.54 Å². The maximum Gasteiger partial charge on any atom is 0.316 e. The second kappa shape index (κ2) is 9.42. The number of amides is 2. The smallest absolute Gasteiger partial charge is 0.316 e. The molecule has 0 radical (unpaired) electrons. The molecule has 2 amide bonds. The zero-order valence-electron chi connectivity index (χ0n) is 11.0. The summed E-state index contributed by atoms with van der Waals surface area (Å²) in [5.74, 6) is 0. The van der Waals surface area contributed by atoms with Crippen molar-refractivity contribution in [2.45, 2.75) is 13.8 Å². The predicted octanol–water partition coefficient (Wildman–Crippen LogP) is 0.189. The van der Waals surface area contributed by atoms with Crippen LogP contribution in [0.3, 0.4) is 0 Å². The van der Waals surface area contributed by atoms with E-state index < -0.39 is 0 Å². The van der Waals surface area contributed by atoms with Crippen molar-refractivity contribution in [3.8, 4) is 0 Å². The number of urea groups is 1. The minimum atomic E-state index is -0.0365. The van der Waals surface area contributed by atoms with Crippen LogP contribution in [0, 0.1) is 0 Å². The summed E-state index contributed by atoms with van der Waals surface area (Å²) in [6.45, 7) is 10.1. The summed E-state index contributed by atoms with van der Waals surface area (Å²) < 4.78 is 0. The van der Waals surface area contributed by atoms with Crippen molar-refractivity contribution in [3.63, 3.8) is 0 Å². The van der Waals surface area contributed by atoms with Gasteiger partial charge in [0.05, 0.1) is 0 Å². The van der Waals surface area contributed by atoms with Crippen LogP contribution in [0.2, 0.25) is 0 Å². The molecule has 16 heavy (non-hydrogen) atoms. The van der Waals surface area contributed by atoms with Gasteiger partial charge in [0.25, 0.3) is 0 Å². The first-order chi connectivity index (χ1) is 7.61. The average Bonchev–Trinajstić information content (AvgIpc) is 2.27. The van der Waals surface area contributed by atoms with Gasteiger partial charge in [0.15, 0.2) is 0 Å². The lowest BCUT2D eigenvalue weighted by Gasteiger charge is -2.18. The fraction of sp³-hybridized carbons (Fsp3) is 0.909. The molecule has 0 rings (SSSR count). The summed E-state index contributed by atoms with van der Waals surface area (Å²) in [6, 6.07) is -0.0365. The normalized spacial score (nSPS) is 10.6. The molecule has 0 heterocycles. The van der Waals surface area contributed by atoms with Crippen LogP contribution >= 0.6 is 0 Å². The van der Waals surface area contributed by atoms with Crippen molar-refractivity contribution in [2.24, 2.45) is 0 Å². The van der Waals surface area contributed by atoms with Crippen molar-refractivity contribution in [1.29, 1.82) is 0 Å². The quantitative estimate of drug-likeness (QED) is 0.585. The molecule has 5 nitrogen and oxygen atoms in total. The van der Waals surface area contributed by atoms with Gasteiger partial charge in [0.1, 0.15) is 0 Å². The first-order valence-corrected chi connectivity index (χ1v) is 6.00. The molecule has 0 atom stereocenters. The molecule has 2 N–H and O–H groups in total. The molecule has 5 heteroatoms. The predicted molar refractivity (Wildman–Crippen MR) is 67.7 cm³/mol. The number of rotatable bonds is 8. The highest BCUT2D eigenvalue weighted by Crippen LogP contribution is 1.83.